The lowest BCUT2D eigenvalue weighted by molar-refractivity contribution is 0.109. The van der Waals surface area contributed by atoms with E-state index in [-0.39, 0.29) is 6.04 Å². The van der Waals surface area contributed by atoms with Gasteiger partial charge in [-0.15, -0.1) is 0 Å². The van der Waals surface area contributed by atoms with Gasteiger partial charge in [0, 0.05) is 30.1 Å². The molecule has 2 aliphatic heterocycles. The fourth-order valence-corrected chi connectivity index (χ4v) is 3.37. The molecule has 2 aliphatic rings. The Labute approximate surface area is 123 Å². The molecule has 0 spiro atoms. The van der Waals surface area contributed by atoms with Gasteiger partial charge in [0.15, 0.2) is 0 Å². The van der Waals surface area contributed by atoms with Crippen molar-refractivity contribution in [3.8, 4) is 5.75 Å². The molecule has 19 heavy (non-hydrogen) atoms. The van der Waals surface area contributed by atoms with Crippen LogP contribution in [0.2, 0.25) is 10.0 Å². The van der Waals surface area contributed by atoms with Crippen LogP contribution in [0.1, 0.15) is 37.3 Å². The zero-order valence-electron chi connectivity index (χ0n) is 10.8. The highest BCUT2D eigenvalue weighted by Crippen LogP contribution is 2.40. The van der Waals surface area contributed by atoms with Crippen LogP contribution in [0.15, 0.2) is 12.1 Å². The molecule has 3 nitrogen and oxygen atoms in total. The molecule has 0 radical (unpaired) electrons. The van der Waals surface area contributed by atoms with E-state index in [1.807, 2.05) is 6.07 Å². The molecule has 5 heteroatoms. The highest BCUT2D eigenvalue weighted by molar-refractivity contribution is 6.35. The second-order valence-electron chi connectivity index (χ2n) is 5.17. The molecule has 1 aromatic rings. The standard InChI is InChI=1S/C14H18Cl2N2O/c15-10-8-11-13(17-18-5-2-1-3-6-18)4-7-19-14(11)12(16)9-10/h8-9,13,17H,1-7H2. The molecular weight excluding hydrogens is 283 g/mol. The summed E-state index contributed by atoms with van der Waals surface area (Å²) < 4.78 is 5.68. The van der Waals surface area contributed by atoms with Crippen LogP contribution in [0.5, 0.6) is 5.75 Å². The minimum atomic E-state index is 0.248. The lowest BCUT2D eigenvalue weighted by Gasteiger charge is -2.34. The molecule has 1 aromatic carbocycles. The summed E-state index contributed by atoms with van der Waals surface area (Å²) in [6.07, 6.45) is 4.80. The summed E-state index contributed by atoms with van der Waals surface area (Å²) in [5, 5.41) is 3.59. The Morgan fingerprint density at radius 2 is 1.95 bits per heavy atom. The second kappa shape index (κ2) is 5.88. The van der Waals surface area contributed by atoms with Crippen LogP contribution in [0.25, 0.3) is 0 Å². The molecule has 104 valence electrons. The number of rotatable bonds is 2. The number of nitrogens with one attached hydrogen (secondary N) is 1. The summed E-state index contributed by atoms with van der Waals surface area (Å²) in [6.45, 7) is 2.92. The largest absolute Gasteiger partial charge is 0.492 e. The van der Waals surface area contributed by atoms with E-state index in [0.29, 0.717) is 16.7 Å². The summed E-state index contributed by atoms with van der Waals surface area (Å²) in [6, 6.07) is 3.95. The molecule has 0 aliphatic carbocycles. The van der Waals surface area contributed by atoms with Crippen molar-refractivity contribution in [1.82, 2.24) is 10.4 Å². The van der Waals surface area contributed by atoms with E-state index in [0.717, 1.165) is 30.8 Å². The highest BCUT2D eigenvalue weighted by atomic mass is 35.5. The zero-order chi connectivity index (χ0) is 13.2. The van der Waals surface area contributed by atoms with E-state index in [1.165, 1.54) is 19.3 Å². The monoisotopic (exact) mass is 300 g/mol. The van der Waals surface area contributed by atoms with Gasteiger partial charge < -0.3 is 4.74 Å². The molecule has 0 aromatic heterocycles. The quantitative estimate of drug-likeness (QED) is 0.899. The Morgan fingerprint density at radius 3 is 2.74 bits per heavy atom. The van der Waals surface area contributed by atoms with Gasteiger partial charge in [0.05, 0.1) is 17.7 Å². The number of piperidine rings is 1. The number of hydrogen-bond acceptors (Lipinski definition) is 3. The molecule has 1 atom stereocenters. The van der Waals surface area contributed by atoms with Gasteiger partial charge in [-0.3, -0.25) is 0 Å². The van der Waals surface area contributed by atoms with E-state index >= 15 is 0 Å². The number of fused-ring (bicyclic) bond motifs is 1. The number of benzene rings is 1. The van der Waals surface area contributed by atoms with Crippen LogP contribution in [0.3, 0.4) is 0 Å². The molecule has 0 amide bonds. The van der Waals surface area contributed by atoms with Crippen molar-refractivity contribution in [2.75, 3.05) is 19.7 Å². The number of ether oxygens (including phenoxy) is 1. The van der Waals surface area contributed by atoms with E-state index in [9.17, 15) is 0 Å². The van der Waals surface area contributed by atoms with Gasteiger partial charge in [-0.1, -0.05) is 29.6 Å². The van der Waals surface area contributed by atoms with Crippen LogP contribution >= 0.6 is 23.2 Å². The van der Waals surface area contributed by atoms with Crippen LogP contribution in [0, 0.1) is 0 Å². The summed E-state index contributed by atoms with van der Waals surface area (Å²) >= 11 is 12.3. The van der Waals surface area contributed by atoms with E-state index in [2.05, 4.69) is 10.4 Å². The predicted octanol–water partition coefficient (Wildman–Crippen LogP) is 3.81. The Hall–Kier alpha value is -0.480. The predicted molar refractivity (Wildman–Crippen MR) is 77.9 cm³/mol. The normalized spacial score (nSPS) is 23.8. The maximum absolute atomic E-state index is 6.20. The van der Waals surface area contributed by atoms with Gasteiger partial charge in [0.2, 0.25) is 0 Å². The fraction of sp³-hybridized carbons (Fsp3) is 0.571. The lowest BCUT2D eigenvalue weighted by atomic mass is 10.0. The van der Waals surface area contributed by atoms with E-state index in [4.69, 9.17) is 27.9 Å². The maximum atomic E-state index is 6.20. The summed E-state index contributed by atoms with van der Waals surface area (Å²) in [5.41, 5.74) is 4.68. The molecule has 1 fully saturated rings. The summed E-state index contributed by atoms with van der Waals surface area (Å²) in [7, 11) is 0. The number of hydrazine groups is 1. The first-order valence-electron chi connectivity index (χ1n) is 6.87. The average Bonchev–Trinajstić information content (AvgIpc) is 2.41. The molecule has 2 heterocycles. The van der Waals surface area contributed by atoms with Crippen LogP contribution in [0.4, 0.5) is 0 Å². The Balaban J connectivity index is 1.81. The first-order chi connectivity index (χ1) is 9.24. The molecule has 1 N–H and O–H groups in total. The first kappa shape index (κ1) is 13.5. The number of hydrogen-bond donors (Lipinski definition) is 1. The SMILES string of the molecule is Clc1cc(Cl)c2c(c1)C(NN1CCCCC1)CCO2. The molecule has 1 saturated heterocycles. The molecular formula is C14H18Cl2N2O. The highest BCUT2D eigenvalue weighted by Gasteiger charge is 2.26. The summed E-state index contributed by atoms with van der Waals surface area (Å²) in [5.74, 6) is 0.784. The minimum Gasteiger partial charge on any atom is -0.492 e. The lowest BCUT2D eigenvalue weighted by Crippen LogP contribution is -2.44. The third-order valence-electron chi connectivity index (χ3n) is 3.76. The van der Waals surface area contributed by atoms with Gasteiger partial charge in [-0.25, -0.2) is 10.4 Å². The number of nitrogens with zero attached hydrogens (tertiary/aromatic N) is 1. The van der Waals surface area contributed by atoms with Crippen LogP contribution in [-0.4, -0.2) is 24.7 Å². The Bertz CT molecular complexity index is 461. The second-order valence-corrected chi connectivity index (χ2v) is 6.02. The van der Waals surface area contributed by atoms with Crippen LogP contribution < -0.4 is 10.2 Å². The van der Waals surface area contributed by atoms with Crippen molar-refractivity contribution in [3.63, 3.8) is 0 Å². The fourth-order valence-electron chi connectivity index (χ4n) is 2.80. The summed E-state index contributed by atoms with van der Waals surface area (Å²) in [4.78, 5) is 0. The van der Waals surface area contributed by atoms with Crippen LogP contribution in [-0.2, 0) is 0 Å². The molecule has 0 bridgehead atoms. The third-order valence-corrected chi connectivity index (χ3v) is 4.26. The van der Waals surface area contributed by atoms with Gasteiger partial charge in [0.1, 0.15) is 5.75 Å². The van der Waals surface area contributed by atoms with Crippen molar-refractivity contribution < 1.29 is 4.74 Å². The smallest absolute Gasteiger partial charge is 0.142 e. The maximum Gasteiger partial charge on any atom is 0.142 e. The number of halogens is 2. The topological polar surface area (TPSA) is 24.5 Å². The van der Waals surface area contributed by atoms with Gasteiger partial charge in [-0.2, -0.15) is 0 Å². The Morgan fingerprint density at radius 1 is 1.16 bits per heavy atom. The van der Waals surface area contributed by atoms with Crippen molar-refractivity contribution in [2.45, 2.75) is 31.7 Å². The van der Waals surface area contributed by atoms with Gasteiger partial charge in [-0.05, 0) is 25.0 Å². The van der Waals surface area contributed by atoms with Crippen molar-refractivity contribution in [3.05, 3.63) is 27.7 Å². The first-order valence-corrected chi connectivity index (χ1v) is 7.62. The molecule has 3 rings (SSSR count). The third kappa shape index (κ3) is 3.00. The van der Waals surface area contributed by atoms with E-state index < -0.39 is 0 Å². The molecule has 0 saturated carbocycles. The van der Waals surface area contributed by atoms with Crippen molar-refractivity contribution in [2.24, 2.45) is 0 Å². The van der Waals surface area contributed by atoms with Crippen molar-refractivity contribution in [1.29, 1.82) is 0 Å². The van der Waals surface area contributed by atoms with Gasteiger partial charge >= 0.3 is 0 Å². The average molecular weight is 301 g/mol. The van der Waals surface area contributed by atoms with Crippen molar-refractivity contribution >= 4 is 23.2 Å². The van der Waals surface area contributed by atoms with E-state index in [1.54, 1.807) is 6.07 Å². The zero-order valence-corrected chi connectivity index (χ0v) is 12.3. The minimum absolute atomic E-state index is 0.248. The molecule has 1 unspecified atom stereocenters. The van der Waals surface area contributed by atoms with Gasteiger partial charge in [0.25, 0.3) is 0 Å². The Kier molecular flexibility index (Phi) is 4.18.